The first-order valence-corrected chi connectivity index (χ1v) is 11.7. The molecule has 8 nitrogen and oxygen atoms in total. The van der Waals surface area contributed by atoms with Crippen LogP contribution in [-0.4, -0.2) is 37.9 Å². The van der Waals surface area contributed by atoms with E-state index in [1.54, 1.807) is 32.2 Å². The third-order valence-electron chi connectivity index (χ3n) is 5.27. The van der Waals surface area contributed by atoms with E-state index in [4.69, 9.17) is 18.7 Å². The Labute approximate surface area is 206 Å². The van der Waals surface area contributed by atoms with E-state index in [0.29, 0.717) is 39.0 Å². The standard InChI is InChI=1S/C26H24N2O6S/c1-5-33-26(30)23-18(16-8-6-15(2)7-9-16)14-35-25(23)27-24(29)19-13-21(34-28-19)17-10-11-20(31-3)22(12-17)32-4/h6-14H,5H2,1-4H3,(H,27,29). The van der Waals surface area contributed by atoms with Crippen LogP contribution in [0.5, 0.6) is 11.5 Å². The number of methoxy groups -OCH3 is 2. The van der Waals surface area contributed by atoms with Gasteiger partial charge in [-0.15, -0.1) is 11.3 Å². The Balaban J connectivity index is 1.61. The smallest absolute Gasteiger partial charge is 0.341 e. The van der Waals surface area contributed by atoms with Crippen LogP contribution >= 0.6 is 11.3 Å². The Morgan fingerprint density at radius 1 is 1.00 bits per heavy atom. The number of amides is 1. The zero-order valence-electron chi connectivity index (χ0n) is 19.7. The lowest BCUT2D eigenvalue weighted by atomic mass is 10.0. The Kier molecular flexibility index (Phi) is 7.17. The Hall–Kier alpha value is -4.11. The highest BCUT2D eigenvalue weighted by atomic mass is 32.1. The van der Waals surface area contributed by atoms with Gasteiger partial charge in [-0.1, -0.05) is 35.0 Å². The topological polar surface area (TPSA) is 99.9 Å². The molecule has 0 atom stereocenters. The monoisotopic (exact) mass is 492 g/mol. The average molecular weight is 493 g/mol. The highest BCUT2D eigenvalue weighted by molar-refractivity contribution is 7.15. The fourth-order valence-corrected chi connectivity index (χ4v) is 4.43. The second-order valence-corrected chi connectivity index (χ2v) is 8.42. The zero-order chi connectivity index (χ0) is 24.9. The SMILES string of the molecule is CCOC(=O)c1c(-c2ccc(C)cc2)csc1NC(=O)c1cc(-c2ccc(OC)c(OC)c2)on1. The lowest BCUT2D eigenvalue weighted by Crippen LogP contribution is -2.15. The predicted molar refractivity (Wildman–Crippen MR) is 133 cm³/mol. The van der Waals surface area contributed by atoms with Gasteiger partial charge in [-0.3, -0.25) is 4.79 Å². The van der Waals surface area contributed by atoms with Gasteiger partial charge < -0.3 is 24.1 Å². The maximum atomic E-state index is 13.0. The van der Waals surface area contributed by atoms with Crippen LogP contribution in [0.4, 0.5) is 5.00 Å². The minimum Gasteiger partial charge on any atom is -0.493 e. The van der Waals surface area contributed by atoms with Gasteiger partial charge in [0.05, 0.1) is 20.8 Å². The maximum absolute atomic E-state index is 13.0. The van der Waals surface area contributed by atoms with Gasteiger partial charge in [0.15, 0.2) is 23.0 Å². The summed E-state index contributed by atoms with van der Waals surface area (Å²) in [6.07, 6.45) is 0. The van der Waals surface area contributed by atoms with E-state index in [0.717, 1.165) is 11.1 Å². The average Bonchev–Trinajstić information content (AvgIpc) is 3.52. The normalized spacial score (nSPS) is 10.6. The summed E-state index contributed by atoms with van der Waals surface area (Å²) in [5, 5.41) is 8.88. The Morgan fingerprint density at radius 3 is 2.40 bits per heavy atom. The first-order chi connectivity index (χ1) is 16.9. The van der Waals surface area contributed by atoms with E-state index in [2.05, 4.69) is 10.5 Å². The quantitative estimate of drug-likeness (QED) is 0.309. The second-order valence-electron chi connectivity index (χ2n) is 7.54. The number of nitrogens with one attached hydrogen (secondary N) is 1. The summed E-state index contributed by atoms with van der Waals surface area (Å²) < 4.78 is 21.2. The molecule has 2 heterocycles. The van der Waals surface area contributed by atoms with Gasteiger partial charge in [0, 0.05) is 22.6 Å². The van der Waals surface area contributed by atoms with E-state index in [9.17, 15) is 9.59 Å². The number of ether oxygens (including phenoxy) is 3. The van der Waals surface area contributed by atoms with Gasteiger partial charge in [0.2, 0.25) is 0 Å². The summed E-state index contributed by atoms with van der Waals surface area (Å²) >= 11 is 1.24. The number of hydrogen-bond donors (Lipinski definition) is 1. The highest BCUT2D eigenvalue weighted by Gasteiger charge is 2.24. The number of esters is 1. The van der Waals surface area contributed by atoms with Crippen molar-refractivity contribution in [2.24, 2.45) is 0 Å². The molecule has 0 bridgehead atoms. The summed E-state index contributed by atoms with van der Waals surface area (Å²) in [7, 11) is 3.09. The molecule has 0 fully saturated rings. The number of carbonyl (C=O) groups excluding carboxylic acids is 2. The van der Waals surface area contributed by atoms with Crippen LogP contribution in [0, 0.1) is 6.92 Å². The predicted octanol–water partition coefficient (Wildman–Crippen LogP) is 5.82. The molecule has 1 amide bonds. The van der Waals surface area contributed by atoms with Crippen molar-refractivity contribution in [2.75, 3.05) is 26.1 Å². The van der Waals surface area contributed by atoms with Gasteiger partial charge in [-0.2, -0.15) is 0 Å². The van der Waals surface area contributed by atoms with E-state index >= 15 is 0 Å². The molecular weight excluding hydrogens is 468 g/mol. The van der Waals surface area contributed by atoms with Crippen LogP contribution in [0.3, 0.4) is 0 Å². The van der Waals surface area contributed by atoms with E-state index in [1.165, 1.54) is 24.5 Å². The van der Waals surface area contributed by atoms with Crippen LogP contribution < -0.4 is 14.8 Å². The van der Waals surface area contributed by atoms with Crippen LogP contribution in [0.2, 0.25) is 0 Å². The molecule has 4 rings (SSSR count). The molecule has 180 valence electrons. The van der Waals surface area contributed by atoms with Gasteiger partial charge in [0.25, 0.3) is 5.91 Å². The molecule has 0 spiro atoms. The number of benzene rings is 2. The van der Waals surface area contributed by atoms with Gasteiger partial charge in [-0.05, 0) is 37.6 Å². The molecule has 35 heavy (non-hydrogen) atoms. The molecule has 0 unspecified atom stereocenters. The number of hydrogen-bond acceptors (Lipinski definition) is 8. The van der Waals surface area contributed by atoms with E-state index in [-0.39, 0.29) is 12.3 Å². The molecule has 2 aromatic heterocycles. The summed E-state index contributed by atoms with van der Waals surface area (Å²) in [6, 6.07) is 14.5. The van der Waals surface area contributed by atoms with Crippen LogP contribution in [-0.2, 0) is 4.74 Å². The fourth-order valence-electron chi connectivity index (χ4n) is 3.48. The summed E-state index contributed by atoms with van der Waals surface area (Å²) in [5.74, 6) is 0.457. The first-order valence-electron chi connectivity index (χ1n) is 10.8. The summed E-state index contributed by atoms with van der Waals surface area (Å²) in [4.78, 5) is 25.8. The molecule has 0 saturated carbocycles. The third kappa shape index (κ3) is 5.04. The van der Waals surface area contributed by atoms with Crippen molar-refractivity contribution >= 4 is 28.2 Å². The molecular formula is C26H24N2O6S. The third-order valence-corrected chi connectivity index (χ3v) is 6.17. The number of thiophene rings is 1. The number of aryl methyl sites for hydroxylation is 1. The lowest BCUT2D eigenvalue weighted by molar-refractivity contribution is 0.0529. The number of anilines is 1. The van der Waals surface area contributed by atoms with E-state index < -0.39 is 11.9 Å². The van der Waals surface area contributed by atoms with Gasteiger partial charge in [0.1, 0.15) is 10.6 Å². The molecule has 0 saturated heterocycles. The van der Waals surface area contributed by atoms with Crippen LogP contribution in [0.1, 0.15) is 33.3 Å². The molecule has 0 aliphatic heterocycles. The minimum absolute atomic E-state index is 0.0647. The number of carbonyl (C=O) groups is 2. The minimum atomic E-state index is -0.511. The molecule has 4 aromatic rings. The largest absolute Gasteiger partial charge is 0.493 e. The lowest BCUT2D eigenvalue weighted by Gasteiger charge is -2.08. The first kappa shape index (κ1) is 24.0. The van der Waals surface area contributed by atoms with E-state index in [1.807, 2.05) is 36.6 Å². The molecule has 9 heteroatoms. The summed E-state index contributed by atoms with van der Waals surface area (Å²) in [5.41, 5.74) is 3.68. The van der Waals surface area contributed by atoms with Gasteiger partial charge in [-0.25, -0.2) is 4.79 Å². The van der Waals surface area contributed by atoms with Crippen molar-refractivity contribution in [2.45, 2.75) is 13.8 Å². The van der Waals surface area contributed by atoms with Crippen molar-refractivity contribution in [1.82, 2.24) is 5.16 Å². The molecule has 2 aromatic carbocycles. The number of nitrogens with zero attached hydrogens (tertiary/aromatic N) is 1. The maximum Gasteiger partial charge on any atom is 0.341 e. The highest BCUT2D eigenvalue weighted by Crippen LogP contribution is 2.37. The zero-order valence-corrected chi connectivity index (χ0v) is 20.5. The van der Waals surface area contributed by atoms with Crippen LogP contribution in [0.25, 0.3) is 22.5 Å². The van der Waals surface area contributed by atoms with Crippen LogP contribution in [0.15, 0.2) is 58.4 Å². The van der Waals surface area contributed by atoms with Crippen molar-refractivity contribution in [3.63, 3.8) is 0 Å². The molecule has 0 aliphatic rings. The Bertz CT molecular complexity index is 1360. The Morgan fingerprint density at radius 2 is 1.71 bits per heavy atom. The van der Waals surface area contributed by atoms with Crippen molar-refractivity contribution < 1.29 is 28.3 Å². The number of rotatable bonds is 8. The van der Waals surface area contributed by atoms with Crippen molar-refractivity contribution in [3.05, 3.63) is 70.7 Å². The molecule has 0 radical (unpaired) electrons. The second kappa shape index (κ2) is 10.4. The molecule has 0 aliphatic carbocycles. The van der Waals surface area contributed by atoms with Gasteiger partial charge >= 0.3 is 5.97 Å². The van der Waals surface area contributed by atoms with Crippen molar-refractivity contribution in [3.8, 4) is 33.9 Å². The number of aromatic nitrogens is 1. The molecule has 1 N–H and O–H groups in total. The van der Waals surface area contributed by atoms with Crippen molar-refractivity contribution in [1.29, 1.82) is 0 Å². The fraction of sp³-hybridized carbons (Fsp3) is 0.192. The summed E-state index contributed by atoms with van der Waals surface area (Å²) in [6.45, 7) is 3.94.